The van der Waals surface area contributed by atoms with Crippen molar-refractivity contribution in [2.75, 3.05) is 0 Å². The summed E-state index contributed by atoms with van der Waals surface area (Å²) in [5, 5.41) is 0. The zero-order chi connectivity index (χ0) is 16.6. The lowest BCUT2D eigenvalue weighted by Crippen LogP contribution is -2.20. The third kappa shape index (κ3) is 5.49. The van der Waals surface area contributed by atoms with Gasteiger partial charge in [0.2, 0.25) is 0 Å². The van der Waals surface area contributed by atoms with Gasteiger partial charge in [-0.3, -0.25) is 0 Å². The molecule has 0 atom stereocenters. The van der Waals surface area contributed by atoms with E-state index in [9.17, 15) is 37.6 Å². The van der Waals surface area contributed by atoms with Gasteiger partial charge in [0.1, 0.15) is 10.6 Å². The van der Waals surface area contributed by atoms with Crippen molar-refractivity contribution in [1.29, 1.82) is 0 Å². The van der Waals surface area contributed by atoms with E-state index in [1.54, 1.807) is 0 Å². The van der Waals surface area contributed by atoms with Crippen LogP contribution in [0.25, 0.3) is 0 Å². The maximum Gasteiger partial charge on any atom is 0.488 e. The van der Waals surface area contributed by atoms with Gasteiger partial charge < -0.3 is 17.1 Å². The summed E-state index contributed by atoms with van der Waals surface area (Å²) in [6, 6.07) is 0.673. The minimum Gasteiger partial charge on any atom is -0.449 e. The smallest absolute Gasteiger partial charge is 0.449 e. The molecule has 1 aromatic carbocycles. The van der Waals surface area contributed by atoms with Crippen LogP contribution in [-0.4, -0.2) is 23.8 Å². The molecule has 0 aliphatic rings. The number of benzene rings is 1. The minimum absolute atomic E-state index is 0.286. The van der Waals surface area contributed by atoms with E-state index < -0.39 is 55.8 Å². The molecule has 0 saturated heterocycles. The molecule has 120 valence electrons. The second-order valence-electron chi connectivity index (χ2n) is 4.03. The van der Waals surface area contributed by atoms with Crippen LogP contribution >= 0.6 is 0 Å². The molecule has 0 amide bonds. The molecule has 0 heterocycles. The Hall–Kier alpha value is -1.37. The maximum atomic E-state index is 12.9. The predicted octanol–water partition coefficient (Wildman–Crippen LogP) is 2.18. The van der Waals surface area contributed by atoms with Gasteiger partial charge in [-0.2, -0.15) is 16.8 Å². The summed E-state index contributed by atoms with van der Waals surface area (Å²) in [5.74, 6) is -1.04. The average molecular weight is 353 g/mol. The molecule has 0 N–H and O–H groups in total. The number of rotatable bonds is 5. The number of hydrogen-bond donors (Lipinski definition) is 0. The van der Waals surface area contributed by atoms with E-state index in [1.165, 1.54) is 0 Å². The lowest BCUT2D eigenvalue weighted by molar-refractivity contribution is 0.437. The summed E-state index contributed by atoms with van der Waals surface area (Å²) in [6.07, 6.45) is -1.61. The summed E-state index contributed by atoms with van der Waals surface area (Å²) >= 11 is 0. The first kappa shape index (κ1) is 17.7. The van der Waals surface area contributed by atoms with Crippen molar-refractivity contribution in [2.45, 2.75) is 18.1 Å². The van der Waals surface area contributed by atoms with Gasteiger partial charge in [-0.15, -0.1) is 3.89 Å². The van der Waals surface area contributed by atoms with Crippen molar-refractivity contribution in [2.24, 2.45) is 0 Å². The molecule has 0 fully saturated rings. The topological polar surface area (TPSA) is 77.5 Å². The zero-order valence-corrected chi connectivity index (χ0v) is 11.8. The third-order valence-electron chi connectivity index (χ3n) is 2.36. The van der Waals surface area contributed by atoms with Crippen LogP contribution in [0.5, 0.6) is 5.75 Å². The van der Waals surface area contributed by atoms with Crippen LogP contribution in [-0.2, 0) is 27.0 Å². The number of hydrogen-bond acceptors (Lipinski definition) is 5. The minimum atomic E-state index is -5.62. The monoisotopic (exact) mass is 353 g/mol. The van der Waals surface area contributed by atoms with Crippen LogP contribution in [0.1, 0.15) is 11.1 Å². The van der Waals surface area contributed by atoms with Gasteiger partial charge in [0, 0.05) is 6.07 Å². The average Bonchev–Trinajstić information content (AvgIpc) is 2.18. The van der Waals surface area contributed by atoms with Gasteiger partial charge in [-0.25, -0.2) is 0 Å². The Morgan fingerprint density at radius 1 is 1.10 bits per heavy atom. The van der Waals surface area contributed by atoms with Crippen LogP contribution in [0.15, 0.2) is 17.0 Å². The quantitative estimate of drug-likeness (QED) is 0.461. The molecule has 0 aliphatic carbocycles. The van der Waals surface area contributed by atoms with Crippen LogP contribution < -0.4 is 4.18 Å². The SMILES string of the molecule is Cc1c(C[B-](F)(F)F)cc(S(=O)(=O)F)cc1OS(=O)(=O)F. The second-order valence-corrected chi connectivity index (χ2v) is 6.33. The molecule has 0 spiro atoms. The Morgan fingerprint density at radius 3 is 2.00 bits per heavy atom. The largest absolute Gasteiger partial charge is 0.488 e. The van der Waals surface area contributed by atoms with Gasteiger partial charge in [-0.1, -0.05) is 15.8 Å². The Kier molecular flexibility index (Phi) is 4.58. The summed E-state index contributed by atoms with van der Waals surface area (Å²) in [7, 11) is -11.0. The van der Waals surface area contributed by atoms with Crippen molar-refractivity contribution in [3.63, 3.8) is 0 Å². The molecule has 0 radical (unpaired) electrons. The second kappa shape index (κ2) is 5.44. The fourth-order valence-electron chi connectivity index (χ4n) is 1.51. The maximum absolute atomic E-state index is 12.9. The molecule has 0 aromatic heterocycles. The highest BCUT2D eigenvalue weighted by molar-refractivity contribution is 7.86. The Morgan fingerprint density at radius 2 is 1.62 bits per heavy atom. The highest BCUT2D eigenvalue weighted by Gasteiger charge is 2.27. The Balaban J connectivity index is 3.54. The van der Waals surface area contributed by atoms with Crippen molar-refractivity contribution in [1.82, 2.24) is 0 Å². The van der Waals surface area contributed by atoms with E-state index in [4.69, 9.17) is 0 Å². The van der Waals surface area contributed by atoms with Crippen molar-refractivity contribution in [3.8, 4) is 5.75 Å². The van der Waals surface area contributed by atoms with E-state index in [1.807, 2.05) is 0 Å². The van der Waals surface area contributed by atoms with Crippen molar-refractivity contribution < 1.29 is 41.7 Å². The zero-order valence-electron chi connectivity index (χ0n) is 10.2. The van der Waals surface area contributed by atoms with E-state index in [2.05, 4.69) is 4.18 Å². The molecule has 13 heteroatoms. The third-order valence-corrected chi connectivity index (χ3v) is 3.54. The molecular weight excluding hydrogens is 346 g/mol. The lowest BCUT2D eigenvalue weighted by atomic mass is 9.80. The fraction of sp³-hybridized carbons (Fsp3) is 0.250. The highest BCUT2D eigenvalue weighted by atomic mass is 32.3. The summed E-state index contributed by atoms with van der Waals surface area (Å²) < 4.78 is 108. The van der Waals surface area contributed by atoms with Crippen LogP contribution in [0.2, 0.25) is 0 Å². The highest BCUT2D eigenvalue weighted by Crippen LogP contribution is 2.31. The molecule has 21 heavy (non-hydrogen) atoms. The van der Waals surface area contributed by atoms with Gasteiger partial charge in [0.05, 0.1) is 0 Å². The normalized spacial score (nSPS) is 13.2. The molecule has 0 aliphatic heterocycles. The van der Waals surface area contributed by atoms with E-state index in [0.717, 1.165) is 6.92 Å². The van der Waals surface area contributed by atoms with Crippen molar-refractivity contribution >= 4 is 27.7 Å². The first-order valence-electron chi connectivity index (χ1n) is 5.12. The predicted molar refractivity (Wildman–Crippen MR) is 62.9 cm³/mol. The summed E-state index contributed by atoms with van der Waals surface area (Å²) in [6.45, 7) is -4.47. The Bertz CT molecular complexity index is 756. The first-order valence-corrected chi connectivity index (χ1v) is 7.81. The van der Waals surface area contributed by atoms with E-state index in [-0.39, 0.29) is 6.07 Å². The lowest BCUT2D eigenvalue weighted by Gasteiger charge is -2.17. The summed E-state index contributed by atoms with van der Waals surface area (Å²) in [4.78, 5) is -1.26. The van der Waals surface area contributed by atoms with Gasteiger partial charge in [-0.05, 0) is 18.6 Å². The van der Waals surface area contributed by atoms with Gasteiger partial charge >= 0.3 is 27.7 Å². The fourth-order valence-corrected chi connectivity index (χ4v) is 2.43. The molecule has 0 unspecified atom stereocenters. The standard InChI is InChI=1S/C8H7BF5O5S2/c1-5-6(4-9(10,11)12)2-7(20(13,15)16)3-8(5)19-21(14,17)18/h2-3H,4H2,1H3/q-1. The molecule has 5 nitrogen and oxygen atoms in total. The van der Waals surface area contributed by atoms with Gasteiger partial charge in [0.25, 0.3) is 0 Å². The number of halogens is 5. The molecular formula is C8H7BF5O5S2-. The van der Waals surface area contributed by atoms with Crippen LogP contribution in [0.3, 0.4) is 0 Å². The molecule has 0 saturated carbocycles. The van der Waals surface area contributed by atoms with Gasteiger partial charge in [0.15, 0.2) is 0 Å². The van der Waals surface area contributed by atoms with Crippen LogP contribution in [0, 0.1) is 6.92 Å². The molecule has 0 bridgehead atoms. The van der Waals surface area contributed by atoms with E-state index >= 15 is 0 Å². The molecule has 1 aromatic rings. The molecule has 1 rings (SSSR count). The van der Waals surface area contributed by atoms with Crippen LogP contribution in [0.4, 0.5) is 20.7 Å². The first-order chi connectivity index (χ1) is 9.19. The van der Waals surface area contributed by atoms with E-state index in [0.29, 0.717) is 6.07 Å². The summed E-state index contributed by atoms with van der Waals surface area (Å²) in [5.41, 5.74) is -1.21. The van der Waals surface area contributed by atoms with Crippen molar-refractivity contribution in [3.05, 3.63) is 23.3 Å². The Labute approximate surface area is 117 Å².